The Labute approximate surface area is 118 Å². The predicted molar refractivity (Wildman–Crippen MR) is 80.1 cm³/mol. The molecule has 4 nitrogen and oxygen atoms in total. The Morgan fingerprint density at radius 2 is 1.90 bits per heavy atom. The van der Waals surface area contributed by atoms with Crippen LogP contribution >= 0.6 is 0 Å². The van der Waals surface area contributed by atoms with E-state index in [0.717, 1.165) is 36.4 Å². The van der Waals surface area contributed by atoms with Crippen LogP contribution < -0.4 is 10.3 Å². The van der Waals surface area contributed by atoms with E-state index in [1.54, 1.807) is 6.20 Å². The average molecular weight is 272 g/mol. The number of benzene rings is 1. The van der Waals surface area contributed by atoms with E-state index in [4.69, 9.17) is 4.74 Å². The van der Waals surface area contributed by atoms with Crippen molar-refractivity contribution in [3.63, 3.8) is 0 Å². The molecule has 0 bridgehead atoms. The minimum absolute atomic E-state index is 0.0920. The summed E-state index contributed by atoms with van der Waals surface area (Å²) in [6, 6.07) is 7.53. The van der Waals surface area contributed by atoms with Gasteiger partial charge in [-0.2, -0.15) is 0 Å². The molecule has 0 atom stereocenters. The quantitative estimate of drug-likeness (QED) is 0.878. The summed E-state index contributed by atoms with van der Waals surface area (Å²) in [5.41, 5.74) is 1.35. The van der Waals surface area contributed by atoms with Gasteiger partial charge in [-0.25, -0.2) is 4.98 Å². The Kier molecular flexibility index (Phi) is 4.93. The van der Waals surface area contributed by atoms with Crippen LogP contribution in [0.1, 0.15) is 32.5 Å². The molecule has 20 heavy (non-hydrogen) atoms. The fraction of sp³-hybridized carbons (Fsp3) is 0.375. The van der Waals surface area contributed by atoms with Crippen molar-refractivity contribution >= 4 is 0 Å². The SMILES string of the molecule is CCCOc1ccc(-c2cnc(CCC)[nH]c2=O)cc1. The summed E-state index contributed by atoms with van der Waals surface area (Å²) < 4.78 is 5.53. The van der Waals surface area contributed by atoms with Gasteiger partial charge in [-0.3, -0.25) is 4.79 Å². The van der Waals surface area contributed by atoms with Gasteiger partial charge in [-0.15, -0.1) is 0 Å². The Morgan fingerprint density at radius 3 is 2.50 bits per heavy atom. The Morgan fingerprint density at radius 1 is 1.15 bits per heavy atom. The molecule has 0 unspecified atom stereocenters. The van der Waals surface area contributed by atoms with Crippen LogP contribution in [0.25, 0.3) is 11.1 Å². The molecule has 0 aliphatic heterocycles. The molecule has 0 aliphatic carbocycles. The second-order valence-electron chi connectivity index (χ2n) is 4.70. The fourth-order valence-electron chi connectivity index (χ4n) is 1.95. The van der Waals surface area contributed by atoms with Gasteiger partial charge >= 0.3 is 0 Å². The van der Waals surface area contributed by atoms with E-state index in [-0.39, 0.29) is 5.56 Å². The van der Waals surface area contributed by atoms with Crippen LogP contribution in [0.5, 0.6) is 5.75 Å². The number of aryl methyl sites for hydroxylation is 1. The van der Waals surface area contributed by atoms with Gasteiger partial charge in [-0.05, 0) is 30.5 Å². The zero-order valence-electron chi connectivity index (χ0n) is 12.0. The highest BCUT2D eigenvalue weighted by molar-refractivity contribution is 5.62. The summed E-state index contributed by atoms with van der Waals surface area (Å²) in [6.45, 7) is 4.83. The molecule has 0 amide bonds. The molecule has 1 N–H and O–H groups in total. The standard InChI is InChI=1S/C16H20N2O2/c1-3-5-15-17-11-14(16(19)18-15)12-6-8-13(9-7-12)20-10-4-2/h6-9,11H,3-5,10H2,1-2H3,(H,17,18,19). The van der Waals surface area contributed by atoms with E-state index in [1.807, 2.05) is 24.3 Å². The first-order valence-corrected chi connectivity index (χ1v) is 7.06. The van der Waals surface area contributed by atoms with E-state index < -0.39 is 0 Å². The van der Waals surface area contributed by atoms with Gasteiger partial charge < -0.3 is 9.72 Å². The second-order valence-corrected chi connectivity index (χ2v) is 4.70. The summed E-state index contributed by atoms with van der Waals surface area (Å²) in [6.07, 6.45) is 4.38. The molecule has 2 rings (SSSR count). The predicted octanol–water partition coefficient (Wildman–Crippen LogP) is 3.18. The lowest BCUT2D eigenvalue weighted by Crippen LogP contribution is -2.13. The molecule has 0 saturated carbocycles. The largest absolute Gasteiger partial charge is 0.494 e. The molecule has 1 aromatic carbocycles. The van der Waals surface area contributed by atoms with E-state index in [2.05, 4.69) is 23.8 Å². The molecule has 0 saturated heterocycles. The van der Waals surface area contributed by atoms with Crippen LogP contribution in [0.3, 0.4) is 0 Å². The normalized spacial score (nSPS) is 10.5. The lowest BCUT2D eigenvalue weighted by atomic mass is 10.1. The maximum Gasteiger partial charge on any atom is 0.258 e. The third kappa shape index (κ3) is 3.47. The molecule has 0 aliphatic rings. The topological polar surface area (TPSA) is 55.0 Å². The second kappa shape index (κ2) is 6.89. The minimum atomic E-state index is -0.0920. The van der Waals surface area contributed by atoms with Crippen molar-refractivity contribution in [2.45, 2.75) is 33.1 Å². The Hall–Kier alpha value is -2.10. The van der Waals surface area contributed by atoms with E-state index in [9.17, 15) is 4.79 Å². The highest BCUT2D eigenvalue weighted by Gasteiger charge is 2.05. The first-order chi connectivity index (χ1) is 9.74. The third-order valence-electron chi connectivity index (χ3n) is 2.98. The number of ether oxygens (including phenoxy) is 1. The van der Waals surface area contributed by atoms with E-state index in [0.29, 0.717) is 12.2 Å². The van der Waals surface area contributed by atoms with Gasteiger partial charge in [0.15, 0.2) is 0 Å². The van der Waals surface area contributed by atoms with Gasteiger partial charge in [0.25, 0.3) is 5.56 Å². The first-order valence-electron chi connectivity index (χ1n) is 7.06. The summed E-state index contributed by atoms with van der Waals surface area (Å²) in [5, 5.41) is 0. The van der Waals surface area contributed by atoms with Gasteiger partial charge in [0.2, 0.25) is 0 Å². The number of nitrogens with one attached hydrogen (secondary N) is 1. The molecule has 0 fully saturated rings. The van der Waals surface area contributed by atoms with Crippen molar-refractivity contribution in [1.82, 2.24) is 9.97 Å². The molecule has 1 aromatic heterocycles. The van der Waals surface area contributed by atoms with Crippen molar-refractivity contribution < 1.29 is 4.74 Å². The lowest BCUT2D eigenvalue weighted by molar-refractivity contribution is 0.317. The number of hydrogen-bond donors (Lipinski definition) is 1. The summed E-state index contributed by atoms with van der Waals surface area (Å²) in [7, 11) is 0. The number of aromatic nitrogens is 2. The number of H-pyrrole nitrogens is 1. The van der Waals surface area contributed by atoms with Crippen molar-refractivity contribution in [2.24, 2.45) is 0 Å². The summed E-state index contributed by atoms with van der Waals surface area (Å²) >= 11 is 0. The van der Waals surface area contributed by atoms with Crippen LogP contribution in [0, 0.1) is 0 Å². The Bertz CT molecular complexity index is 603. The molecule has 2 aromatic rings. The lowest BCUT2D eigenvalue weighted by Gasteiger charge is -2.06. The van der Waals surface area contributed by atoms with Gasteiger partial charge in [0.1, 0.15) is 11.6 Å². The summed E-state index contributed by atoms with van der Waals surface area (Å²) in [4.78, 5) is 19.2. The molecule has 106 valence electrons. The average Bonchev–Trinajstić information content (AvgIpc) is 2.46. The van der Waals surface area contributed by atoms with Crippen LogP contribution in [-0.4, -0.2) is 16.6 Å². The monoisotopic (exact) mass is 272 g/mol. The van der Waals surface area contributed by atoms with Gasteiger partial charge in [-0.1, -0.05) is 26.0 Å². The van der Waals surface area contributed by atoms with Crippen molar-refractivity contribution in [3.05, 3.63) is 46.6 Å². The molecular formula is C16H20N2O2. The third-order valence-corrected chi connectivity index (χ3v) is 2.98. The molecule has 0 radical (unpaired) electrons. The van der Waals surface area contributed by atoms with Gasteiger partial charge in [0.05, 0.1) is 12.2 Å². The Balaban J connectivity index is 2.21. The van der Waals surface area contributed by atoms with Crippen LogP contribution in [-0.2, 0) is 6.42 Å². The van der Waals surface area contributed by atoms with Crippen LogP contribution in [0.4, 0.5) is 0 Å². The fourth-order valence-corrected chi connectivity index (χ4v) is 1.95. The smallest absolute Gasteiger partial charge is 0.258 e. The minimum Gasteiger partial charge on any atom is -0.494 e. The first kappa shape index (κ1) is 14.3. The zero-order chi connectivity index (χ0) is 14.4. The number of nitrogens with zero attached hydrogens (tertiary/aromatic N) is 1. The van der Waals surface area contributed by atoms with E-state index in [1.165, 1.54) is 0 Å². The molecule has 1 heterocycles. The van der Waals surface area contributed by atoms with E-state index >= 15 is 0 Å². The molecule has 0 spiro atoms. The summed E-state index contributed by atoms with van der Waals surface area (Å²) in [5.74, 6) is 1.56. The number of aromatic amines is 1. The highest BCUT2D eigenvalue weighted by Crippen LogP contribution is 2.19. The van der Waals surface area contributed by atoms with Crippen molar-refractivity contribution in [3.8, 4) is 16.9 Å². The maximum absolute atomic E-state index is 12.0. The maximum atomic E-state index is 12.0. The van der Waals surface area contributed by atoms with Gasteiger partial charge in [0, 0.05) is 12.6 Å². The highest BCUT2D eigenvalue weighted by atomic mass is 16.5. The van der Waals surface area contributed by atoms with Crippen molar-refractivity contribution in [2.75, 3.05) is 6.61 Å². The van der Waals surface area contributed by atoms with Crippen LogP contribution in [0.15, 0.2) is 35.3 Å². The van der Waals surface area contributed by atoms with Crippen molar-refractivity contribution in [1.29, 1.82) is 0 Å². The molecular weight excluding hydrogens is 252 g/mol. The molecule has 4 heteroatoms. The zero-order valence-corrected chi connectivity index (χ0v) is 12.0. The number of rotatable bonds is 6. The van der Waals surface area contributed by atoms with Crippen LogP contribution in [0.2, 0.25) is 0 Å². The number of hydrogen-bond acceptors (Lipinski definition) is 3.